The first-order valence-corrected chi connectivity index (χ1v) is 6.94. The summed E-state index contributed by atoms with van der Waals surface area (Å²) in [6.07, 6.45) is -0.763. The lowest BCUT2D eigenvalue weighted by molar-refractivity contribution is -0.150. The maximum atomic E-state index is 10.8. The average molecular weight is 313 g/mol. The molecule has 1 N–H and O–H groups in total. The Bertz CT molecular complexity index is 632. The van der Waals surface area contributed by atoms with Gasteiger partial charge in [-0.2, -0.15) is 5.26 Å². The van der Waals surface area contributed by atoms with E-state index in [4.69, 9.17) is 10.00 Å². The van der Waals surface area contributed by atoms with Crippen LogP contribution < -0.4 is 4.74 Å². The summed E-state index contributed by atoms with van der Waals surface area (Å²) in [4.78, 5) is 10.8. The number of rotatable bonds is 4. The summed E-state index contributed by atoms with van der Waals surface area (Å²) in [5.74, 6) is 0.183. The Kier molecular flexibility index (Phi) is 7.90. The molecule has 0 bridgehead atoms. The van der Waals surface area contributed by atoms with E-state index < -0.39 is 12.1 Å². The molecule has 0 fully saturated rings. The number of benzene rings is 2. The van der Waals surface area contributed by atoms with Crippen molar-refractivity contribution in [1.82, 2.24) is 0 Å². The van der Waals surface area contributed by atoms with Gasteiger partial charge in [-0.1, -0.05) is 30.3 Å². The second-order valence-corrected chi connectivity index (χ2v) is 4.57. The molecule has 0 spiro atoms. The lowest BCUT2D eigenvalue weighted by atomic mass is 10.1. The van der Waals surface area contributed by atoms with Crippen LogP contribution in [-0.4, -0.2) is 31.4 Å². The second kappa shape index (κ2) is 9.98. The van der Waals surface area contributed by atoms with Crippen LogP contribution in [-0.2, 0) is 16.0 Å². The molecule has 5 nitrogen and oxygen atoms in total. The van der Waals surface area contributed by atoms with Gasteiger partial charge >= 0.3 is 5.97 Å². The zero-order valence-corrected chi connectivity index (χ0v) is 13.1. The van der Waals surface area contributed by atoms with Crippen molar-refractivity contribution in [3.05, 3.63) is 65.7 Å². The van der Waals surface area contributed by atoms with Crippen LogP contribution in [0.3, 0.4) is 0 Å². The molecule has 5 heteroatoms. The fraction of sp³-hybridized carbons (Fsp3) is 0.222. The summed E-state index contributed by atoms with van der Waals surface area (Å²) < 4.78 is 9.30. The summed E-state index contributed by atoms with van der Waals surface area (Å²) in [5.41, 5.74) is 1.57. The highest BCUT2D eigenvalue weighted by molar-refractivity contribution is 5.74. The number of methoxy groups -OCH3 is 2. The minimum absolute atomic E-state index is 0.299. The molecule has 2 aromatic carbocycles. The summed E-state index contributed by atoms with van der Waals surface area (Å²) in [7, 11) is 2.86. The van der Waals surface area contributed by atoms with Gasteiger partial charge in [0.2, 0.25) is 0 Å². The third-order valence-corrected chi connectivity index (χ3v) is 2.96. The lowest BCUT2D eigenvalue weighted by Gasteiger charge is -2.07. The molecule has 0 heterocycles. The average Bonchev–Trinajstić information content (AvgIpc) is 2.62. The predicted octanol–water partition coefficient (Wildman–Crippen LogP) is 2.33. The standard InChI is InChI=1S/C10H12O3.C8H7NO/c1-13-10(12)9(11)7-8-5-3-2-4-6-8;1-10-8-4-2-7(6-9)3-5-8/h2-6,9,11H,7H2,1H3;2-5H,1H3. The molecule has 23 heavy (non-hydrogen) atoms. The van der Waals surface area contributed by atoms with Crippen molar-refractivity contribution in [3.63, 3.8) is 0 Å². The van der Waals surface area contributed by atoms with Crippen LogP contribution in [0.1, 0.15) is 11.1 Å². The molecule has 0 aliphatic rings. The molecule has 0 aliphatic carbocycles. The van der Waals surface area contributed by atoms with E-state index in [1.807, 2.05) is 36.4 Å². The molecule has 1 unspecified atom stereocenters. The van der Waals surface area contributed by atoms with Crippen molar-refractivity contribution in [2.45, 2.75) is 12.5 Å². The Morgan fingerprint density at radius 2 is 1.74 bits per heavy atom. The van der Waals surface area contributed by atoms with E-state index in [0.717, 1.165) is 11.3 Å². The van der Waals surface area contributed by atoms with Crippen LogP contribution in [0.15, 0.2) is 54.6 Å². The molecule has 0 saturated carbocycles. The van der Waals surface area contributed by atoms with Crippen LogP contribution in [0.2, 0.25) is 0 Å². The van der Waals surface area contributed by atoms with E-state index in [0.29, 0.717) is 12.0 Å². The predicted molar refractivity (Wildman–Crippen MR) is 85.9 cm³/mol. The topological polar surface area (TPSA) is 79.6 Å². The number of carbonyl (C=O) groups is 1. The summed E-state index contributed by atoms with van der Waals surface area (Å²) >= 11 is 0. The van der Waals surface area contributed by atoms with Gasteiger partial charge < -0.3 is 14.6 Å². The molecule has 1 atom stereocenters. The van der Waals surface area contributed by atoms with Crippen LogP contribution in [0.4, 0.5) is 0 Å². The minimum atomic E-state index is -1.06. The third kappa shape index (κ3) is 6.64. The van der Waals surface area contributed by atoms with E-state index in [9.17, 15) is 9.90 Å². The van der Waals surface area contributed by atoms with Gasteiger partial charge in [-0.15, -0.1) is 0 Å². The number of ether oxygens (including phenoxy) is 2. The maximum Gasteiger partial charge on any atom is 0.335 e. The van der Waals surface area contributed by atoms with Crippen LogP contribution in [0.25, 0.3) is 0 Å². The number of hydrogen-bond acceptors (Lipinski definition) is 5. The number of aliphatic hydroxyl groups is 1. The molecule has 120 valence electrons. The molecule has 0 saturated heterocycles. The highest BCUT2D eigenvalue weighted by Crippen LogP contribution is 2.09. The first-order chi connectivity index (χ1) is 11.1. The molecular formula is C18H19NO4. The van der Waals surface area contributed by atoms with E-state index in [1.165, 1.54) is 7.11 Å². The van der Waals surface area contributed by atoms with E-state index in [1.54, 1.807) is 31.4 Å². The van der Waals surface area contributed by atoms with E-state index in [2.05, 4.69) is 4.74 Å². The second-order valence-electron chi connectivity index (χ2n) is 4.57. The van der Waals surface area contributed by atoms with Crippen molar-refractivity contribution in [2.75, 3.05) is 14.2 Å². The Labute approximate surface area is 135 Å². The molecule has 0 aromatic heterocycles. The Hall–Kier alpha value is -2.84. The molecule has 0 amide bonds. The zero-order chi connectivity index (χ0) is 17.1. The zero-order valence-electron chi connectivity index (χ0n) is 13.1. The lowest BCUT2D eigenvalue weighted by Crippen LogP contribution is -2.23. The number of aliphatic hydroxyl groups excluding tert-OH is 1. The van der Waals surface area contributed by atoms with Gasteiger partial charge in [0.25, 0.3) is 0 Å². The summed E-state index contributed by atoms with van der Waals surface area (Å²) in [6, 6.07) is 18.3. The number of nitrogens with zero attached hydrogens (tertiary/aromatic N) is 1. The molecule has 2 aromatic rings. The summed E-state index contributed by atoms with van der Waals surface area (Å²) in [5, 5.41) is 17.7. The largest absolute Gasteiger partial charge is 0.497 e. The van der Waals surface area contributed by atoms with Crippen LogP contribution >= 0.6 is 0 Å². The quantitative estimate of drug-likeness (QED) is 0.876. The molecule has 0 aliphatic heterocycles. The maximum absolute atomic E-state index is 10.8. The highest BCUT2D eigenvalue weighted by atomic mass is 16.5. The van der Waals surface area contributed by atoms with Crippen molar-refractivity contribution in [1.29, 1.82) is 5.26 Å². The molecular weight excluding hydrogens is 294 g/mol. The van der Waals surface area contributed by atoms with Gasteiger partial charge in [-0.3, -0.25) is 0 Å². The minimum Gasteiger partial charge on any atom is -0.497 e. The van der Waals surface area contributed by atoms with Gasteiger partial charge in [0.15, 0.2) is 6.10 Å². The number of carbonyl (C=O) groups excluding carboxylic acids is 1. The van der Waals surface area contributed by atoms with Gasteiger partial charge in [0, 0.05) is 6.42 Å². The third-order valence-electron chi connectivity index (χ3n) is 2.96. The van der Waals surface area contributed by atoms with Gasteiger partial charge in [-0.05, 0) is 29.8 Å². The van der Waals surface area contributed by atoms with Crippen molar-refractivity contribution in [3.8, 4) is 11.8 Å². The molecule has 2 rings (SSSR count). The van der Waals surface area contributed by atoms with E-state index >= 15 is 0 Å². The van der Waals surface area contributed by atoms with Crippen molar-refractivity contribution >= 4 is 5.97 Å². The fourth-order valence-corrected chi connectivity index (χ4v) is 1.72. The van der Waals surface area contributed by atoms with E-state index in [-0.39, 0.29) is 0 Å². The summed E-state index contributed by atoms with van der Waals surface area (Å²) in [6.45, 7) is 0. The van der Waals surface area contributed by atoms with Crippen LogP contribution in [0, 0.1) is 11.3 Å². The van der Waals surface area contributed by atoms with Gasteiger partial charge in [0.05, 0.1) is 25.9 Å². The number of hydrogen-bond donors (Lipinski definition) is 1. The van der Waals surface area contributed by atoms with Crippen LogP contribution in [0.5, 0.6) is 5.75 Å². The Morgan fingerprint density at radius 1 is 1.13 bits per heavy atom. The van der Waals surface area contributed by atoms with Gasteiger partial charge in [-0.25, -0.2) is 4.79 Å². The highest BCUT2D eigenvalue weighted by Gasteiger charge is 2.14. The Balaban J connectivity index is 0.000000238. The molecule has 0 radical (unpaired) electrons. The van der Waals surface area contributed by atoms with Gasteiger partial charge in [0.1, 0.15) is 5.75 Å². The first kappa shape index (κ1) is 18.2. The van der Waals surface area contributed by atoms with Crippen molar-refractivity contribution < 1.29 is 19.4 Å². The SMILES string of the molecule is COC(=O)C(O)Cc1ccccc1.COc1ccc(C#N)cc1. The number of esters is 1. The first-order valence-electron chi connectivity index (χ1n) is 6.94. The Morgan fingerprint density at radius 3 is 2.22 bits per heavy atom. The number of nitriles is 1. The normalized spacial score (nSPS) is 10.5. The fourth-order valence-electron chi connectivity index (χ4n) is 1.72. The van der Waals surface area contributed by atoms with Crippen molar-refractivity contribution in [2.24, 2.45) is 0 Å². The smallest absolute Gasteiger partial charge is 0.335 e. The monoisotopic (exact) mass is 313 g/mol.